The van der Waals surface area contributed by atoms with E-state index in [4.69, 9.17) is 4.74 Å². The fraction of sp³-hybridized carbons (Fsp3) is 0.100. The maximum Gasteiger partial charge on any atom is 0.280 e. The van der Waals surface area contributed by atoms with Gasteiger partial charge in [0.1, 0.15) is 11.5 Å². The van der Waals surface area contributed by atoms with Gasteiger partial charge in [-0.1, -0.05) is 42.5 Å². The first kappa shape index (κ1) is 16.5. The van der Waals surface area contributed by atoms with Gasteiger partial charge >= 0.3 is 0 Å². The van der Waals surface area contributed by atoms with Crippen LogP contribution in [0.15, 0.2) is 71.8 Å². The number of carbonyl (C=O) groups is 1. The first-order valence-electron chi connectivity index (χ1n) is 7.90. The Morgan fingerprint density at radius 1 is 1.08 bits per heavy atom. The summed E-state index contributed by atoms with van der Waals surface area (Å²) in [5.41, 5.74) is 2.93. The monoisotopic (exact) mass is 334 g/mol. The van der Waals surface area contributed by atoms with Gasteiger partial charge in [0, 0.05) is 5.56 Å². The molecule has 0 radical (unpaired) electrons. The number of nitrogens with zero attached hydrogens (tertiary/aromatic N) is 1. The van der Waals surface area contributed by atoms with Crippen molar-refractivity contribution in [2.45, 2.75) is 13.0 Å². The first-order valence-corrected chi connectivity index (χ1v) is 7.90. The second-order valence-electron chi connectivity index (χ2n) is 5.56. The molecule has 0 aliphatic rings. The first-order chi connectivity index (χ1) is 12.1. The van der Waals surface area contributed by atoms with E-state index in [-0.39, 0.29) is 11.7 Å². The second-order valence-corrected chi connectivity index (χ2v) is 5.56. The van der Waals surface area contributed by atoms with Crippen molar-refractivity contribution in [1.82, 2.24) is 5.43 Å². The lowest BCUT2D eigenvalue weighted by atomic mass is 10.1. The van der Waals surface area contributed by atoms with Crippen molar-refractivity contribution in [3.05, 3.63) is 72.3 Å². The van der Waals surface area contributed by atoms with Gasteiger partial charge in [-0.3, -0.25) is 4.79 Å². The fourth-order valence-electron chi connectivity index (χ4n) is 2.35. The number of carbonyl (C=O) groups excluding carboxylic acids is 1. The molecule has 1 atom stereocenters. The van der Waals surface area contributed by atoms with Crippen LogP contribution in [-0.4, -0.2) is 23.3 Å². The molecule has 0 bridgehead atoms. The van der Waals surface area contributed by atoms with Gasteiger partial charge in [-0.05, 0) is 42.0 Å². The van der Waals surface area contributed by atoms with Gasteiger partial charge in [-0.25, -0.2) is 5.43 Å². The standard InChI is InChI=1S/C20H18N2O3/c1-14(20(24)22-21-13-17-8-4-5-9-19(17)23)25-18-11-10-15-6-2-3-7-16(15)12-18/h2-14,23H,1H3,(H,22,24)/b21-13-/t14-/m0/s1. The van der Waals surface area contributed by atoms with Crippen LogP contribution in [0.2, 0.25) is 0 Å². The van der Waals surface area contributed by atoms with Crippen LogP contribution in [-0.2, 0) is 4.79 Å². The number of ether oxygens (including phenoxy) is 1. The van der Waals surface area contributed by atoms with Gasteiger partial charge in [-0.15, -0.1) is 0 Å². The number of fused-ring (bicyclic) bond motifs is 1. The van der Waals surface area contributed by atoms with Crippen LogP contribution < -0.4 is 10.2 Å². The number of phenolic OH excluding ortho intramolecular Hbond substituents is 1. The van der Waals surface area contributed by atoms with Crippen LogP contribution in [0, 0.1) is 0 Å². The fourth-order valence-corrected chi connectivity index (χ4v) is 2.35. The molecular formula is C20H18N2O3. The molecule has 3 rings (SSSR count). The normalized spacial score (nSPS) is 12.2. The van der Waals surface area contributed by atoms with Crippen molar-refractivity contribution in [3.8, 4) is 11.5 Å². The Labute approximate surface area is 145 Å². The highest BCUT2D eigenvalue weighted by atomic mass is 16.5. The Morgan fingerprint density at radius 2 is 1.80 bits per heavy atom. The maximum atomic E-state index is 12.1. The number of phenols is 1. The lowest BCUT2D eigenvalue weighted by Gasteiger charge is -2.13. The molecule has 126 valence electrons. The summed E-state index contributed by atoms with van der Waals surface area (Å²) in [6.45, 7) is 1.65. The van der Waals surface area contributed by atoms with E-state index in [9.17, 15) is 9.90 Å². The minimum absolute atomic E-state index is 0.0981. The molecule has 3 aromatic rings. The lowest BCUT2D eigenvalue weighted by Crippen LogP contribution is -2.33. The molecule has 1 amide bonds. The smallest absolute Gasteiger partial charge is 0.280 e. The van der Waals surface area contributed by atoms with Crippen LogP contribution in [0.4, 0.5) is 0 Å². The van der Waals surface area contributed by atoms with Crippen LogP contribution in [0.5, 0.6) is 11.5 Å². The zero-order valence-corrected chi connectivity index (χ0v) is 13.7. The summed E-state index contributed by atoms with van der Waals surface area (Å²) < 4.78 is 5.68. The quantitative estimate of drug-likeness (QED) is 0.554. The van der Waals surface area contributed by atoms with Crippen LogP contribution in [0.3, 0.4) is 0 Å². The van der Waals surface area contributed by atoms with Gasteiger partial charge in [0.25, 0.3) is 5.91 Å². The molecular weight excluding hydrogens is 316 g/mol. The lowest BCUT2D eigenvalue weighted by molar-refractivity contribution is -0.127. The third kappa shape index (κ3) is 4.14. The van der Waals surface area contributed by atoms with E-state index in [0.717, 1.165) is 10.8 Å². The topological polar surface area (TPSA) is 70.9 Å². The van der Waals surface area contributed by atoms with Crippen LogP contribution in [0.1, 0.15) is 12.5 Å². The van der Waals surface area contributed by atoms with Crippen molar-refractivity contribution in [3.63, 3.8) is 0 Å². The summed E-state index contributed by atoms with van der Waals surface area (Å²) in [4.78, 5) is 12.1. The number of hydrogen-bond donors (Lipinski definition) is 2. The van der Waals surface area contributed by atoms with E-state index < -0.39 is 6.10 Å². The molecule has 25 heavy (non-hydrogen) atoms. The zero-order valence-electron chi connectivity index (χ0n) is 13.7. The molecule has 0 spiro atoms. The summed E-state index contributed by atoms with van der Waals surface area (Å²) in [7, 11) is 0. The van der Waals surface area contributed by atoms with Gasteiger partial charge in [0.05, 0.1) is 6.21 Å². The molecule has 0 unspecified atom stereocenters. The summed E-state index contributed by atoms with van der Waals surface area (Å²) in [5.74, 6) is 0.340. The molecule has 2 N–H and O–H groups in total. The van der Waals surface area contributed by atoms with Gasteiger partial charge in [0.15, 0.2) is 6.10 Å². The molecule has 0 heterocycles. The molecule has 0 saturated heterocycles. The molecule has 3 aromatic carbocycles. The summed E-state index contributed by atoms with van der Waals surface area (Å²) in [6, 6.07) is 20.3. The predicted octanol–water partition coefficient (Wildman–Crippen LogP) is 3.46. The third-order valence-electron chi connectivity index (χ3n) is 3.72. The average Bonchev–Trinajstić information content (AvgIpc) is 2.63. The van der Waals surface area contributed by atoms with E-state index in [1.807, 2.05) is 42.5 Å². The van der Waals surface area contributed by atoms with E-state index in [1.165, 1.54) is 6.21 Å². The largest absolute Gasteiger partial charge is 0.507 e. The predicted molar refractivity (Wildman–Crippen MR) is 97.9 cm³/mol. The van der Waals surface area contributed by atoms with E-state index in [2.05, 4.69) is 10.5 Å². The number of hydrogen-bond acceptors (Lipinski definition) is 4. The maximum absolute atomic E-state index is 12.1. The minimum Gasteiger partial charge on any atom is -0.507 e. The van der Waals surface area contributed by atoms with E-state index in [1.54, 1.807) is 31.2 Å². The van der Waals surface area contributed by atoms with Crippen LogP contribution >= 0.6 is 0 Å². The molecule has 5 nitrogen and oxygen atoms in total. The van der Waals surface area contributed by atoms with Crippen molar-refractivity contribution < 1.29 is 14.6 Å². The Bertz CT molecular complexity index is 921. The van der Waals surface area contributed by atoms with Crippen molar-refractivity contribution in [2.24, 2.45) is 5.10 Å². The third-order valence-corrected chi connectivity index (χ3v) is 3.72. The Morgan fingerprint density at radius 3 is 2.60 bits per heavy atom. The number of amides is 1. The second kappa shape index (κ2) is 7.49. The average molecular weight is 334 g/mol. The van der Waals surface area contributed by atoms with E-state index >= 15 is 0 Å². The Hall–Kier alpha value is -3.34. The number of rotatable bonds is 5. The molecule has 0 aliphatic heterocycles. The van der Waals surface area contributed by atoms with Gasteiger partial charge in [-0.2, -0.15) is 5.10 Å². The highest BCUT2D eigenvalue weighted by molar-refractivity contribution is 5.86. The summed E-state index contributed by atoms with van der Waals surface area (Å²) >= 11 is 0. The molecule has 5 heteroatoms. The summed E-state index contributed by atoms with van der Waals surface area (Å²) in [5, 5.41) is 15.6. The molecule has 0 aromatic heterocycles. The highest BCUT2D eigenvalue weighted by Crippen LogP contribution is 2.21. The zero-order chi connectivity index (χ0) is 17.6. The van der Waals surface area contributed by atoms with Gasteiger partial charge < -0.3 is 9.84 Å². The van der Waals surface area contributed by atoms with Crippen LogP contribution in [0.25, 0.3) is 10.8 Å². The van der Waals surface area contributed by atoms with Crippen molar-refractivity contribution >= 4 is 22.9 Å². The number of hydrazone groups is 1. The van der Waals surface area contributed by atoms with E-state index in [0.29, 0.717) is 11.3 Å². The Balaban J connectivity index is 1.61. The van der Waals surface area contributed by atoms with Crippen molar-refractivity contribution in [2.75, 3.05) is 0 Å². The SMILES string of the molecule is C[C@H](Oc1ccc2ccccc2c1)C(=O)N/N=C\c1ccccc1O. The molecule has 0 fully saturated rings. The number of aromatic hydroxyl groups is 1. The van der Waals surface area contributed by atoms with Gasteiger partial charge in [0.2, 0.25) is 0 Å². The highest BCUT2D eigenvalue weighted by Gasteiger charge is 2.14. The minimum atomic E-state index is -0.706. The molecule has 0 aliphatic carbocycles. The number of para-hydroxylation sites is 1. The number of nitrogens with one attached hydrogen (secondary N) is 1. The Kier molecular flexibility index (Phi) is 4.95. The van der Waals surface area contributed by atoms with Crippen molar-refractivity contribution in [1.29, 1.82) is 0 Å². The molecule has 0 saturated carbocycles. The number of benzene rings is 3. The summed E-state index contributed by atoms with van der Waals surface area (Å²) in [6.07, 6.45) is 0.679.